The maximum absolute atomic E-state index is 12.9. The molecule has 0 fully saturated rings. The molecule has 0 aliphatic heterocycles. The van der Waals surface area contributed by atoms with Gasteiger partial charge in [-0.2, -0.15) is 0 Å². The Balaban J connectivity index is 1.61. The van der Waals surface area contributed by atoms with Crippen LogP contribution in [0.25, 0.3) is 11.0 Å². The highest BCUT2D eigenvalue weighted by atomic mass is 16.5. The first-order valence-electron chi connectivity index (χ1n) is 9.72. The summed E-state index contributed by atoms with van der Waals surface area (Å²) in [5.41, 5.74) is 0.648. The molecular weight excluding hydrogens is 410 g/mol. The largest absolute Gasteiger partial charge is 0.493 e. The first-order valence-corrected chi connectivity index (χ1v) is 9.72. The number of hydrogen-bond acceptors (Lipinski definition) is 6. The van der Waals surface area contributed by atoms with Crippen molar-refractivity contribution in [2.45, 2.75) is 0 Å². The highest BCUT2D eigenvalue weighted by Gasteiger charge is 2.19. The summed E-state index contributed by atoms with van der Waals surface area (Å²) in [6.07, 6.45) is 0. The lowest BCUT2D eigenvalue weighted by molar-refractivity contribution is 0.102. The molecule has 1 amide bonds. The Bertz CT molecular complexity index is 1360. The van der Waals surface area contributed by atoms with Crippen LogP contribution in [0.2, 0.25) is 0 Å². The molecule has 1 N–H and O–H groups in total. The van der Waals surface area contributed by atoms with Crippen molar-refractivity contribution < 1.29 is 23.5 Å². The third-order valence-corrected chi connectivity index (χ3v) is 4.93. The predicted molar refractivity (Wildman–Crippen MR) is 120 cm³/mol. The van der Waals surface area contributed by atoms with Crippen molar-refractivity contribution in [3.05, 3.63) is 99.9 Å². The molecule has 32 heavy (non-hydrogen) atoms. The number of amides is 1. The van der Waals surface area contributed by atoms with Crippen LogP contribution in [-0.4, -0.2) is 25.9 Å². The Kier molecular flexibility index (Phi) is 5.72. The van der Waals surface area contributed by atoms with Gasteiger partial charge >= 0.3 is 5.63 Å². The van der Waals surface area contributed by atoms with Gasteiger partial charge in [0.15, 0.2) is 17.1 Å². The highest BCUT2D eigenvalue weighted by Crippen LogP contribution is 2.35. The van der Waals surface area contributed by atoms with E-state index in [9.17, 15) is 14.4 Å². The van der Waals surface area contributed by atoms with Crippen LogP contribution in [0.4, 0.5) is 5.69 Å². The van der Waals surface area contributed by atoms with Crippen LogP contribution >= 0.6 is 0 Å². The molecule has 0 atom stereocenters. The second-order valence-corrected chi connectivity index (χ2v) is 6.89. The summed E-state index contributed by atoms with van der Waals surface area (Å²) in [6.45, 7) is 0. The van der Waals surface area contributed by atoms with Crippen LogP contribution in [0.15, 0.2) is 82.0 Å². The lowest BCUT2D eigenvalue weighted by Gasteiger charge is -2.10. The number of carbonyl (C=O) groups is 2. The molecule has 0 aliphatic rings. The van der Waals surface area contributed by atoms with Gasteiger partial charge < -0.3 is 19.2 Å². The minimum atomic E-state index is -0.782. The molecule has 1 aromatic heterocycles. The lowest BCUT2D eigenvalue weighted by atomic mass is 10.0. The smallest absolute Gasteiger partial charge is 0.347 e. The van der Waals surface area contributed by atoms with Gasteiger partial charge in [-0.15, -0.1) is 0 Å². The van der Waals surface area contributed by atoms with Crippen molar-refractivity contribution >= 4 is 28.3 Å². The minimum Gasteiger partial charge on any atom is -0.493 e. The summed E-state index contributed by atoms with van der Waals surface area (Å²) in [5.74, 6) is -0.0597. The molecule has 0 aliphatic carbocycles. The normalized spacial score (nSPS) is 10.6. The number of ether oxygens (including phenoxy) is 2. The summed E-state index contributed by atoms with van der Waals surface area (Å²) in [6, 6.07) is 19.9. The van der Waals surface area contributed by atoms with Gasteiger partial charge in [0.2, 0.25) is 5.75 Å². The number of fused-ring (bicyclic) bond motifs is 1. The summed E-state index contributed by atoms with van der Waals surface area (Å²) in [5, 5.41) is 3.29. The second-order valence-electron chi connectivity index (χ2n) is 6.89. The minimum absolute atomic E-state index is 0.106. The average Bonchev–Trinajstić information content (AvgIpc) is 2.83. The summed E-state index contributed by atoms with van der Waals surface area (Å²) in [7, 11) is 2.92. The van der Waals surface area contributed by atoms with Crippen LogP contribution in [0.3, 0.4) is 0 Å². The quantitative estimate of drug-likeness (QED) is 0.363. The molecule has 1 heterocycles. The zero-order chi connectivity index (χ0) is 22.7. The van der Waals surface area contributed by atoms with Crippen LogP contribution in [0.1, 0.15) is 26.3 Å². The van der Waals surface area contributed by atoms with E-state index in [0.29, 0.717) is 22.4 Å². The van der Waals surface area contributed by atoms with Crippen LogP contribution in [-0.2, 0) is 0 Å². The fourth-order valence-corrected chi connectivity index (χ4v) is 3.31. The molecule has 4 rings (SSSR count). The molecule has 0 spiro atoms. The van der Waals surface area contributed by atoms with E-state index in [4.69, 9.17) is 13.9 Å². The van der Waals surface area contributed by atoms with Gasteiger partial charge in [-0.25, -0.2) is 4.79 Å². The van der Waals surface area contributed by atoms with Crippen molar-refractivity contribution in [1.29, 1.82) is 0 Å². The molecule has 0 bridgehead atoms. The number of ketones is 1. The number of methoxy groups -OCH3 is 2. The molecule has 0 saturated carbocycles. The summed E-state index contributed by atoms with van der Waals surface area (Å²) >= 11 is 0. The SMILES string of the molecule is COc1ccc2cc(C(=O)c3ccc(NC(=O)c4ccccc4)cc3)c(=O)oc2c1OC. The molecule has 3 aromatic carbocycles. The zero-order valence-corrected chi connectivity index (χ0v) is 17.4. The van der Waals surface area contributed by atoms with E-state index in [-0.39, 0.29) is 28.4 Å². The molecule has 0 unspecified atom stereocenters. The van der Waals surface area contributed by atoms with Gasteiger partial charge in [0.25, 0.3) is 5.91 Å². The first-order chi connectivity index (χ1) is 15.5. The van der Waals surface area contributed by atoms with Crippen LogP contribution < -0.4 is 20.4 Å². The third-order valence-electron chi connectivity index (χ3n) is 4.93. The first kappa shape index (κ1) is 20.9. The Morgan fingerprint density at radius 2 is 1.56 bits per heavy atom. The summed E-state index contributed by atoms with van der Waals surface area (Å²) < 4.78 is 15.9. The van der Waals surface area contributed by atoms with E-state index < -0.39 is 11.4 Å². The number of nitrogens with one attached hydrogen (secondary N) is 1. The van der Waals surface area contributed by atoms with Gasteiger partial charge in [0, 0.05) is 22.2 Å². The van der Waals surface area contributed by atoms with Gasteiger partial charge in [0.1, 0.15) is 5.56 Å². The molecular formula is C25H19NO6. The Hall–Kier alpha value is -4.39. The van der Waals surface area contributed by atoms with Gasteiger partial charge in [0.05, 0.1) is 14.2 Å². The maximum Gasteiger partial charge on any atom is 0.347 e. The number of benzene rings is 3. The van der Waals surface area contributed by atoms with Crippen molar-refractivity contribution in [3.63, 3.8) is 0 Å². The van der Waals surface area contributed by atoms with Crippen LogP contribution in [0, 0.1) is 0 Å². The number of anilines is 1. The number of rotatable bonds is 6. The van der Waals surface area contributed by atoms with E-state index in [0.717, 1.165) is 0 Å². The Morgan fingerprint density at radius 3 is 2.22 bits per heavy atom. The monoisotopic (exact) mass is 429 g/mol. The van der Waals surface area contributed by atoms with Crippen molar-refractivity contribution in [2.24, 2.45) is 0 Å². The van der Waals surface area contributed by atoms with Crippen LogP contribution in [0.5, 0.6) is 11.5 Å². The lowest BCUT2D eigenvalue weighted by Crippen LogP contribution is -2.15. The fraction of sp³-hybridized carbons (Fsp3) is 0.0800. The predicted octanol–water partition coefficient (Wildman–Crippen LogP) is 4.29. The molecule has 4 aromatic rings. The number of carbonyl (C=O) groups excluding carboxylic acids is 2. The Labute approximate surface area is 183 Å². The fourth-order valence-electron chi connectivity index (χ4n) is 3.31. The van der Waals surface area contributed by atoms with E-state index in [1.807, 2.05) is 6.07 Å². The topological polar surface area (TPSA) is 94.8 Å². The zero-order valence-electron chi connectivity index (χ0n) is 17.4. The van der Waals surface area contributed by atoms with E-state index in [1.165, 1.54) is 20.3 Å². The third kappa shape index (κ3) is 3.96. The molecule has 0 radical (unpaired) electrons. The molecule has 7 nitrogen and oxygen atoms in total. The maximum atomic E-state index is 12.9. The Morgan fingerprint density at radius 1 is 0.844 bits per heavy atom. The van der Waals surface area contributed by atoms with Gasteiger partial charge in [-0.3, -0.25) is 9.59 Å². The van der Waals surface area contributed by atoms with E-state index >= 15 is 0 Å². The second kappa shape index (κ2) is 8.77. The molecule has 7 heteroatoms. The standard InChI is InChI=1S/C25H19NO6/c1-30-20-13-10-17-14-19(25(29)32-22(17)23(20)31-2)21(27)15-8-11-18(12-9-15)26-24(28)16-6-4-3-5-7-16/h3-14H,1-2H3,(H,26,28). The van der Waals surface area contributed by atoms with E-state index in [2.05, 4.69) is 5.32 Å². The molecule has 160 valence electrons. The van der Waals surface area contributed by atoms with Gasteiger partial charge in [-0.05, 0) is 54.6 Å². The van der Waals surface area contributed by atoms with Crippen molar-refractivity contribution in [1.82, 2.24) is 0 Å². The number of hydrogen-bond donors (Lipinski definition) is 1. The van der Waals surface area contributed by atoms with Gasteiger partial charge in [-0.1, -0.05) is 18.2 Å². The summed E-state index contributed by atoms with van der Waals surface area (Å²) in [4.78, 5) is 37.8. The highest BCUT2D eigenvalue weighted by molar-refractivity contribution is 6.10. The van der Waals surface area contributed by atoms with Crippen molar-refractivity contribution in [3.8, 4) is 11.5 Å². The molecule has 0 saturated heterocycles. The van der Waals surface area contributed by atoms with Crippen molar-refractivity contribution in [2.75, 3.05) is 19.5 Å². The van der Waals surface area contributed by atoms with E-state index in [1.54, 1.807) is 60.7 Å². The average molecular weight is 429 g/mol.